The van der Waals surface area contributed by atoms with Gasteiger partial charge in [0.25, 0.3) is 11.6 Å². The van der Waals surface area contributed by atoms with Crippen LogP contribution in [0.1, 0.15) is 20.7 Å². The maximum atomic E-state index is 12.5. The molecular weight excluding hydrogens is 394 g/mol. The maximum absolute atomic E-state index is 12.5. The van der Waals surface area contributed by atoms with E-state index in [-0.39, 0.29) is 16.8 Å². The summed E-state index contributed by atoms with van der Waals surface area (Å²) in [7, 11) is 0. The van der Waals surface area contributed by atoms with Crippen LogP contribution in [-0.4, -0.2) is 21.9 Å². The minimum atomic E-state index is -1.08. The highest BCUT2D eigenvalue weighted by Crippen LogP contribution is 2.37. The second-order valence-corrected chi connectivity index (χ2v) is 7.00. The van der Waals surface area contributed by atoms with E-state index in [0.29, 0.717) is 21.2 Å². The van der Waals surface area contributed by atoms with Crippen LogP contribution in [-0.2, 0) is 0 Å². The zero-order valence-electron chi connectivity index (χ0n) is 14.9. The number of anilines is 2. The Hall–Kier alpha value is -3.85. The number of hydrogen-bond donors (Lipinski definition) is 3. The zero-order valence-corrected chi connectivity index (χ0v) is 15.7. The third-order valence-corrected chi connectivity index (χ3v) is 5.10. The molecule has 8 nitrogen and oxygen atoms in total. The molecule has 3 rings (SSSR count). The number of nitrogens with two attached hydrogens (primary N) is 1. The number of rotatable bonds is 6. The third-order valence-electron chi connectivity index (χ3n) is 3.95. The fourth-order valence-electron chi connectivity index (χ4n) is 2.48. The summed E-state index contributed by atoms with van der Waals surface area (Å²) in [6, 6.07) is 16.8. The number of aromatic carboxylic acids is 1. The van der Waals surface area contributed by atoms with Gasteiger partial charge in [0.2, 0.25) is 0 Å². The average molecular weight is 409 g/mol. The summed E-state index contributed by atoms with van der Waals surface area (Å²) in [4.78, 5) is 35.3. The standard InChI is InChI=1S/C20H15N3O5S/c21-15-3-1-2-4-17(15)29-18-10-7-13(11-16(18)23(27)28)19(24)22-14-8-5-12(6-9-14)20(25)26/h1-11H,21H2,(H,22,24)(H,25,26). The molecule has 29 heavy (non-hydrogen) atoms. The van der Waals surface area contributed by atoms with Gasteiger partial charge in [-0.1, -0.05) is 23.9 Å². The van der Waals surface area contributed by atoms with Crippen molar-refractivity contribution in [2.45, 2.75) is 9.79 Å². The first-order valence-electron chi connectivity index (χ1n) is 8.30. The van der Waals surface area contributed by atoms with Gasteiger partial charge in [0.15, 0.2) is 0 Å². The number of nitrogens with zero attached hydrogens (tertiary/aromatic N) is 1. The number of para-hydroxylation sites is 1. The lowest BCUT2D eigenvalue weighted by atomic mass is 10.1. The largest absolute Gasteiger partial charge is 0.478 e. The molecule has 0 heterocycles. The molecule has 9 heteroatoms. The number of carbonyl (C=O) groups excluding carboxylic acids is 1. The van der Waals surface area contributed by atoms with Crippen LogP contribution in [0.5, 0.6) is 0 Å². The van der Waals surface area contributed by atoms with E-state index in [1.54, 1.807) is 24.3 Å². The van der Waals surface area contributed by atoms with E-state index in [1.165, 1.54) is 42.5 Å². The van der Waals surface area contributed by atoms with Crippen LogP contribution in [0.4, 0.5) is 17.1 Å². The highest BCUT2D eigenvalue weighted by Gasteiger charge is 2.19. The molecule has 0 unspecified atom stereocenters. The van der Waals surface area contributed by atoms with E-state index in [1.807, 2.05) is 0 Å². The zero-order chi connectivity index (χ0) is 21.0. The SMILES string of the molecule is Nc1ccccc1Sc1ccc(C(=O)Nc2ccc(C(=O)O)cc2)cc1[N+](=O)[O-]. The summed E-state index contributed by atoms with van der Waals surface area (Å²) in [6.07, 6.45) is 0. The molecule has 0 fully saturated rings. The van der Waals surface area contributed by atoms with Crippen LogP contribution in [0, 0.1) is 10.1 Å². The smallest absolute Gasteiger partial charge is 0.335 e. The van der Waals surface area contributed by atoms with E-state index in [4.69, 9.17) is 10.8 Å². The monoisotopic (exact) mass is 409 g/mol. The first-order valence-corrected chi connectivity index (χ1v) is 9.12. The Balaban J connectivity index is 1.83. The first-order chi connectivity index (χ1) is 13.8. The number of nitro benzene ring substituents is 1. The van der Waals surface area contributed by atoms with Gasteiger partial charge in [-0.2, -0.15) is 0 Å². The van der Waals surface area contributed by atoms with E-state index >= 15 is 0 Å². The molecule has 3 aromatic rings. The van der Waals surface area contributed by atoms with Crippen molar-refractivity contribution in [3.63, 3.8) is 0 Å². The van der Waals surface area contributed by atoms with Crippen LogP contribution in [0.25, 0.3) is 0 Å². The first kappa shape index (κ1) is 19.9. The number of nitrogen functional groups attached to an aromatic ring is 1. The second-order valence-electron chi connectivity index (χ2n) is 5.92. The van der Waals surface area contributed by atoms with Gasteiger partial charge < -0.3 is 16.2 Å². The summed E-state index contributed by atoms with van der Waals surface area (Å²) in [5, 5.41) is 23.0. The predicted octanol–water partition coefficient (Wildman–Crippen LogP) is 4.28. The third kappa shape index (κ3) is 4.71. The number of nitrogens with one attached hydrogen (secondary N) is 1. The van der Waals surface area contributed by atoms with Crippen molar-refractivity contribution >= 4 is 40.7 Å². The van der Waals surface area contributed by atoms with Crippen LogP contribution < -0.4 is 11.1 Å². The summed E-state index contributed by atoms with van der Waals surface area (Å²) >= 11 is 1.14. The lowest BCUT2D eigenvalue weighted by Crippen LogP contribution is -2.12. The Morgan fingerprint density at radius 1 is 0.966 bits per heavy atom. The molecule has 4 N–H and O–H groups in total. The molecule has 0 bridgehead atoms. The van der Waals surface area contributed by atoms with Crippen molar-refractivity contribution in [3.8, 4) is 0 Å². The van der Waals surface area contributed by atoms with Gasteiger partial charge in [-0.05, 0) is 48.5 Å². The van der Waals surface area contributed by atoms with Gasteiger partial charge in [0.05, 0.1) is 15.4 Å². The summed E-state index contributed by atoms with van der Waals surface area (Å²) in [6.45, 7) is 0. The second kappa shape index (κ2) is 8.44. The summed E-state index contributed by atoms with van der Waals surface area (Å²) in [5.41, 5.74) is 6.74. The summed E-state index contributed by atoms with van der Waals surface area (Å²) < 4.78 is 0. The Bertz CT molecular complexity index is 1100. The minimum Gasteiger partial charge on any atom is -0.478 e. The average Bonchev–Trinajstić information content (AvgIpc) is 2.70. The normalized spacial score (nSPS) is 10.3. The topological polar surface area (TPSA) is 136 Å². The van der Waals surface area contributed by atoms with Gasteiger partial charge in [0, 0.05) is 27.9 Å². The molecule has 146 valence electrons. The van der Waals surface area contributed by atoms with Gasteiger partial charge in [-0.15, -0.1) is 0 Å². The highest BCUT2D eigenvalue weighted by molar-refractivity contribution is 7.99. The number of amides is 1. The molecule has 0 radical (unpaired) electrons. The fourth-order valence-corrected chi connectivity index (χ4v) is 3.42. The van der Waals surface area contributed by atoms with E-state index in [2.05, 4.69) is 5.32 Å². The van der Waals surface area contributed by atoms with Crippen LogP contribution in [0.2, 0.25) is 0 Å². The number of carbonyl (C=O) groups is 2. The van der Waals surface area contributed by atoms with Crippen LogP contribution in [0.15, 0.2) is 76.5 Å². The van der Waals surface area contributed by atoms with E-state index < -0.39 is 16.8 Å². The maximum Gasteiger partial charge on any atom is 0.335 e. The molecule has 0 aliphatic heterocycles. The molecule has 0 saturated carbocycles. The Morgan fingerprint density at radius 2 is 1.62 bits per heavy atom. The quantitative estimate of drug-likeness (QED) is 0.314. The molecular formula is C20H15N3O5S. The number of hydrogen-bond acceptors (Lipinski definition) is 6. The Labute approximate surface area is 169 Å². The van der Waals surface area contributed by atoms with E-state index in [0.717, 1.165) is 11.8 Å². The van der Waals surface area contributed by atoms with Crippen LogP contribution >= 0.6 is 11.8 Å². The van der Waals surface area contributed by atoms with Crippen molar-refractivity contribution in [2.75, 3.05) is 11.1 Å². The van der Waals surface area contributed by atoms with Crippen molar-refractivity contribution < 1.29 is 19.6 Å². The highest BCUT2D eigenvalue weighted by atomic mass is 32.2. The van der Waals surface area contributed by atoms with E-state index in [9.17, 15) is 19.7 Å². The Morgan fingerprint density at radius 3 is 2.24 bits per heavy atom. The van der Waals surface area contributed by atoms with Gasteiger partial charge in [-0.3, -0.25) is 14.9 Å². The lowest BCUT2D eigenvalue weighted by molar-refractivity contribution is -0.387. The predicted molar refractivity (Wildman–Crippen MR) is 109 cm³/mol. The lowest BCUT2D eigenvalue weighted by Gasteiger charge is -2.09. The number of carboxylic acids is 1. The molecule has 0 atom stereocenters. The molecule has 0 aliphatic carbocycles. The fraction of sp³-hybridized carbons (Fsp3) is 0. The molecule has 0 spiro atoms. The summed E-state index contributed by atoms with van der Waals surface area (Å²) in [5.74, 6) is -1.63. The molecule has 1 amide bonds. The van der Waals surface area contributed by atoms with Crippen LogP contribution in [0.3, 0.4) is 0 Å². The minimum absolute atomic E-state index is 0.0835. The van der Waals surface area contributed by atoms with Crippen molar-refractivity contribution in [2.24, 2.45) is 0 Å². The molecule has 0 saturated heterocycles. The van der Waals surface area contributed by atoms with Crippen molar-refractivity contribution in [3.05, 3.63) is 88.0 Å². The number of nitro groups is 1. The number of benzene rings is 3. The van der Waals surface area contributed by atoms with Gasteiger partial charge in [-0.25, -0.2) is 4.79 Å². The van der Waals surface area contributed by atoms with Crippen molar-refractivity contribution in [1.29, 1.82) is 0 Å². The number of carboxylic acid groups (broad SMARTS) is 1. The molecule has 0 aliphatic rings. The van der Waals surface area contributed by atoms with Crippen molar-refractivity contribution in [1.82, 2.24) is 0 Å². The van der Waals surface area contributed by atoms with Gasteiger partial charge >= 0.3 is 5.97 Å². The molecule has 3 aromatic carbocycles. The van der Waals surface area contributed by atoms with Gasteiger partial charge in [0.1, 0.15) is 0 Å². The Kier molecular flexibility index (Phi) is 5.79. The molecule has 0 aromatic heterocycles.